The van der Waals surface area contributed by atoms with E-state index in [1.807, 2.05) is 16.9 Å². The molecule has 0 amide bonds. The highest BCUT2D eigenvalue weighted by atomic mass is 35.5. The molecule has 0 radical (unpaired) electrons. The number of nitrogens with two attached hydrogens (primary N) is 1. The number of aliphatic hydroxyl groups is 1. The van der Waals surface area contributed by atoms with Gasteiger partial charge in [0.05, 0.1) is 17.4 Å². The lowest BCUT2D eigenvalue weighted by Gasteiger charge is -2.17. The largest absolute Gasteiger partial charge is 0.396 e. The maximum absolute atomic E-state index is 9.53. The van der Waals surface area contributed by atoms with Crippen LogP contribution in [-0.4, -0.2) is 42.6 Å². The number of nitrogen functional groups attached to an aromatic ring is 1. The quantitative estimate of drug-likeness (QED) is 0.564. The standard InChI is InChI=1S/C19H23ClN8O/c1-11-16(20)19-24-18(14(9-21)17(22)28(19)25-11)23-7-5-13-6-8-27(26-13)15-4-2-3-12(15)10-29/h6,8,12,15,29H,2-5,7,10,22H2,1H3,(H,23,24). The first-order chi connectivity index (χ1) is 14.0. The topological polar surface area (TPSA) is 130 Å². The summed E-state index contributed by atoms with van der Waals surface area (Å²) >= 11 is 6.26. The summed E-state index contributed by atoms with van der Waals surface area (Å²) in [5.74, 6) is 0.868. The lowest BCUT2D eigenvalue weighted by atomic mass is 10.1. The Kier molecular flexibility index (Phi) is 5.30. The minimum absolute atomic E-state index is 0.199. The molecule has 2 atom stereocenters. The number of nitrogens with zero attached hydrogens (tertiary/aromatic N) is 6. The van der Waals surface area contributed by atoms with Gasteiger partial charge >= 0.3 is 0 Å². The normalized spacial score (nSPS) is 19.0. The molecule has 1 saturated carbocycles. The second kappa shape index (κ2) is 7.89. The van der Waals surface area contributed by atoms with Crippen molar-refractivity contribution in [3.8, 4) is 6.07 Å². The second-order valence-corrected chi connectivity index (χ2v) is 7.75. The van der Waals surface area contributed by atoms with Crippen molar-refractivity contribution in [2.24, 2.45) is 5.92 Å². The van der Waals surface area contributed by atoms with E-state index in [-0.39, 0.29) is 29.9 Å². The van der Waals surface area contributed by atoms with E-state index in [9.17, 15) is 10.4 Å². The monoisotopic (exact) mass is 414 g/mol. The summed E-state index contributed by atoms with van der Waals surface area (Å²) in [7, 11) is 0. The molecule has 29 heavy (non-hydrogen) atoms. The smallest absolute Gasteiger partial charge is 0.178 e. The van der Waals surface area contributed by atoms with E-state index in [0.29, 0.717) is 35.1 Å². The van der Waals surface area contributed by atoms with Crippen molar-refractivity contribution in [1.82, 2.24) is 24.4 Å². The highest BCUT2D eigenvalue weighted by Crippen LogP contribution is 2.35. The van der Waals surface area contributed by atoms with Crippen molar-refractivity contribution in [2.75, 3.05) is 24.2 Å². The Morgan fingerprint density at radius 2 is 2.24 bits per heavy atom. The van der Waals surface area contributed by atoms with Crippen LogP contribution >= 0.6 is 11.6 Å². The van der Waals surface area contributed by atoms with E-state index in [1.54, 1.807) is 6.92 Å². The molecule has 2 unspecified atom stereocenters. The molecule has 152 valence electrons. The van der Waals surface area contributed by atoms with Crippen molar-refractivity contribution >= 4 is 28.9 Å². The molecule has 4 rings (SSSR count). The van der Waals surface area contributed by atoms with Crippen LogP contribution in [0.3, 0.4) is 0 Å². The highest BCUT2D eigenvalue weighted by Gasteiger charge is 2.28. The lowest BCUT2D eigenvalue weighted by molar-refractivity contribution is 0.190. The number of aryl methyl sites for hydroxylation is 1. The van der Waals surface area contributed by atoms with E-state index in [1.165, 1.54) is 4.52 Å². The number of aromatic nitrogens is 5. The Morgan fingerprint density at radius 3 is 3.00 bits per heavy atom. The third-order valence-electron chi connectivity index (χ3n) is 5.55. The van der Waals surface area contributed by atoms with E-state index in [4.69, 9.17) is 17.3 Å². The van der Waals surface area contributed by atoms with Crippen LogP contribution in [0.5, 0.6) is 0 Å². The van der Waals surface area contributed by atoms with E-state index in [2.05, 4.69) is 26.6 Å². The molecule has 4 N–H and O–H groups in total. The molecular weight excluding hydrogens is 392 g/mol. The summed E-state index contributed by atoms with van der Waals surface area (Å²) in [4.78, 5) is 4.45. The van der Waals surface area contributed by atoms with Gasteiger partial charge in [-0.1, -0.05) is 18.0 Å². The van der Waals surface area contributed by atoms with Gasteiger partial charge in [-0.25, -0.2) is 4.98 Å². The van der Waals surface area contributed by atoms with E-state index < -0.39 is 0 Å². The number of anilines is 2. The van der Waals surface area contributed by atoms with Gasteiger partial charge in [0, 0.05) is 31.7 Å². The van der Waals surface area contributed by atoms with Crippen LogP contribution < -0.4 is 11.1 Å². The number of nitriles is 1. The minimum Gasteiger partial charge on any atom is -0.396 e. The Bertz CT molecular complexity index is 1080. The fraction of sp³-hybridized carbons (Fsp3) is 0.474. The zero-order valence-corrected chi connectivity index (χ0v) is 16.9. The number of rotatable bonds is 6. The summed E-state index contributed by atoms with van der Waals surface area (Å²) in [6, 6.07) is 4.34. The maximum atomic E-state index is 9.53. The summed E-state index contributed by atoms with van der Waals surface area (Å²) < 4.78 is 3.36. The van der Waals surface area contributed by atoms with Gasteiger partial charge in [-0.15, -0.1) is 0 Å². The molecule has 1 aliphatic rings. The lowest BCUT2D eigenvalue weighted by Crippen LogP contribution is -2.18. The number of nitrogens with one attached hydrogen (secondary N) is 1. The van der Waals surface area contributed by atoms with Crippen LogP contribution in [0.15, 0.2) is 12.3 Å². The van der Waals surface area contributed by atoms with Crippen LogP contribution in [0.25, 0.3) is 5.65 Å². The third-order valence-corrected chi connectivity index (χ3v) is 5.99. The Hall–Kier alpha value is -2.83. The molecule has 0 aromatic carbocycles. The molecule has 0 bridgehead atoms. The molecule has 0 saturated heterocycles. The average molecular weight is 415 g/mol. The Balaban J connectivity index is 1.48. The van der Waals surface area contributed by atoms with Crippen LogP contribution in [0, 0.1) is 24.2 Å². The molecule has 0 aliphatic heterocycles. The molecule has 3 heterocycles. The van der Waals surface area contributed by atoms with Gasteiger partial charge < -0.3 is 16.2 Å². The highest BCUT2D eigenvalue weighted by molar-refractivity contribution is 6.34. The fourth-order valence-electron chi connectivity index (χ4n) is 3.97. The van der Waals surface area contributed by atoms with Gasteiger partial charge in [0.2, 0.25) is 0 Å². The Labute approximate surface area is 173 Å². The van der Waals surface area contributed by atoms with Gasteiger partial charge in [0.25, 0.3) is 0 Å². The first-order valence-electron chi connectivity index (χ1n) is 9.66. The summed E-state index contributed by atoms with van der Waals surface area (Å²) in [5, 5.41) is 31.5. The number of halogens is 1. The zero-order valence-electron chi connectivity index (χ0n) is 16.1. The van der Waals surface area contributed by atoms with Gasteiger partial charge in [-0.05, 0) is 25.8 Å². The van der Waals surface area contributed by atoms with E-state index in [0.717, 1.165) is 25.0 Å². The van der Waals surface area contributed by atoms with Gasteiger partial charge in [-0.2, -0.15) is 20.0 Å². The number of hydrogen-bond donors (Lipinski definition) is 3. The second-order valence-electron chi connectivity index (χ2n) is 7.37. The molecule has 3 aromatic heterocycles. The number of fused-ring (bicyclic) bond motifs is 1. The van der Waals surface area contributed by atoms with Crippen molar-refractivity contribution in [1.29, 1.82) is 5.26 Å². The van der Waals surface area contributed by atoms with Crippen molar-refractivity contribution in [2.45, 2.75) is 38.6 Å². The molecule has 1 fully saturated rings. The number of aliphatic hydroxyl groups excluding tert-OH is 1. The van der Waals surface area contributed by atoms with Crippen LogP contribution in [0.2, 0.25) is 5.02 Å². The summed E-state index contributed by atoms with van der Waals surface area (Å²) in [6.07, 6.45) is 5.85. The molecular formula is C19H23ClN8O. The van der Waals surface area contributed by atoms with Gasteiger partial charge in [-0.3, -0.25) is 4.68 Å². The van der Waals surface area contributed by atoms with Crippen molar-refractivity contribution in [3.63, 3.8) is 0 Å². The van der Waals surface area contributed by atoms with Crippen LogP contribution in [0.1, 0.15) is 42.3 Å². The van der Waals surface area contributed by atoms with E-state index >= 15 is 0 Å². The molecule has 10 heteroatoms. The van der Waals surface area contributed by atoms with Gasteiger partial charge in [0.15, 0.2) is 5.65 Å². The SMILES string of the molecule is Cc1nn2c(N)c(C#N)c(NCCc3ccn(C4CCCC4CO)n3)nc2c1Cl. The third kappa shape index (κ3) is 3.50. The predicted octanol–water partition coefficient (Wildman–Crippen LogP) is 2.33. The fourth-order valence-corrected chi connectivity index (χ4v) is 4.13. The summed E-state index contributed by atoms with van der Waals surface area (Å²) in [6.45, 7) is 2.50. The molecule has 3 aromatic rings. The number of hydrogen-bond acceptors (Lipinski definition) is 7. The Morgan fingerprint density at radius 1 is 1.41 bits per heavy atom. The van der Waals surface area contributed by atoms with Crippen LogP contribution in [0.4, 0.5) is 11.6 Å². The van der Waals surface area contributed by atoms with Gasteiger partial charge in [0.1, 0.15) is 28.3 Å². The molecule has 9 nitrogen and oxygen atoms in total. The zero-order chi connectivity index (χ0) is 20.5. The van der Waals surface area contributed by atoms with Crippen molar-refractivity contribution < 1.29 is 5.11 Å². The predicted molar refractivity (Wildman–Crippen MR) is 110 cm³/mol. The van der Waals surface area contributed by atoms with Crippen LogP contribution in [-0.2, 0) is 6.42 Å². The first-order valence-corrected chi connectivity index (χ1v) is 10.0. The maximum Gasteiger partial charge on any atom is 0.178 e. The molecule has 0 spiro atoms. The first kappa shape index (κ1) is 19.5. The van der Waals surface area contributed by atoms with Crippen molar-refractivity contribution in [3.05, 3.63) is 34.2 Å². The minimum atomic E-state index is 0.199. The average Bonchev–Trinajstić information content (AvgIpc) is 3.43. The molecule has 1 aliphatic carbocycles. The summed E-state index contributed by atoms with van der Waals surface area (Å²) in [5.41, 5.74) is 8.29.